The number of benzene rings is 1. The highest BCUT2D eigenvalue weighted by Gasteiger charge is 2.36. The molecule has 2 aliphatic carbocycles. The van der Waals surface area contributed by atoms with Gasteiger partial charge in [-0.15, -0.1) is 0 Å². The predicted molar refractivity (Wildman–Crippen MR) is 98.9 cm³/mol. The normalized spacial score (nSPS) is 22.3. The van der Waals surface area contributed by atoms with Crippen LogP contribution in [0.15, 0.2) is 29.2 Å². The number of nitrogens with zero attached hydrogens (tertiary/aromatic N) is 1. The van der Waals surface area contributed by atoms with Crippen LogP contribution >= 0.6 is 0 Å². The summed E-state index contributed by atoms with van der Waals surface area (Å²) in [7, 11) is -3.73. The quantitative estimate of drug-likeness (QED) is 0.569. The maximum Gasteiger partial charge on any atom is 0.317 e. The number of carbonyl (C=O) groups excluding carboxylic acids is 1. The maximum absolute atomic E-state index is 12.6. The Bertz CT molecular complexity index is 816. The Morgan fingerprint density at radius 2 is 1.93 bits per heavy atom. The molecule has 3 rings (SSSR count). The molecule has 0 bridgehead atoms. The lowest BCUT2D eigenvalue weighted by atomic mass is 9.86. The minimum atomic E-state index is -3.73. The minimum absolute atomic E-state index is 0.0429. The number of carboxylic acids is 1. The van der Waals surface area contributed by atoms with Gasteiger partial charge in [-0.2, -0.15) is 0 Å². The number of hydrogen-bond donors (Lipinski definition) is 3. The molecule has 2 saturated carbocycles. The molecule has 0 atom stereocenters. The number of sulfonamides is 1. The molecular weight excluding hydrogens is 370 g/mol. The van der Waals surface area contributed by atoms with Crippen LogP contribution in [-0.4, -0.2) is 61.5 Å². The minimum Gasteiger partial charge on any atom is -0.480 e. The standard InChI is InChI=1S/C18H25N3O5S/c1-2-21(11-17(22)23)15-9-14(10-15)20-27(25,26)16-5-3-4-12(8-16)18(24)19-13-6-7-13/h3-5,8,13-15,20H,2,6-7,9-11H2,1H3,(H,19,24)(H,22,23). The highest BCUT2D eigenvalue weighted by Crippen LogP contribution is 2.27. The lowest BCUT2D eigenvalue weighted by Crippen LogP contribution is -2.54. The van der Waals surface area contributed by atoms with E-state index in [-0.39, 0.29) is 35.5 Å². The summed E-state index contributed by atoms with van der Waals surface area (Å²) >= 11 is 0. The second-order valence-corrected chi connectivity index (χ2v) is 8.89. The largest absolute Gasteiger partial charge is 0.480 e. The molecule has 0 aliphatic heterocycles. The van der Waals surface area contributed by atoms with Gasteiger partial charge in [0.2, 0.25) is 10.0 Å². The second-order valence-electron chi connectivity index (χ2n) is 7.18. The van der Waals surface area contributed by atoms with Crippen molar-refractivity contribution in [3.8, 4) is 0 Å². The van der Waals surface area contributed by atoms with Crippen LogP contribution in [0, 0.1) is 0 Å². The van der Waals surface area contributed by atoms with E-state index in [0.717, 1.165) is 12.8 Å². The molecule has 0 spiro atoms. The first-order valence-corrected chi connectivity index (χ1v) is 10.7. The van der Waals surface area contributed by atoms with Gasteiger partial charge in [-0.05, 0) is 50.4 Å². The summed E-state index contributed by atoms with van der Waals surface area (Å²) in [5.41, 5.74) is 0.329. The third-order valence-electron chi connectivity index (χ3n) is 5.02. The van der Waals surface area contributed by atoms with Gasteiger partial charge in [0.25, 0.3) is 5.91 Å². The third-order valence-corrected chi connectivity index (χ3v) is 6.53. The molecule has 3 N–H and O–H groups in total. The Kier molecular flexibility index (Phi) is 5.83. The fraction of sp³-hybridized carbons (Fsp3) is 0.556. The van der Waals surface area contributed by atoms with Gasteiger partial charge >= 0.3 is 5.97 Å². The van der Waals surface area contributed by atoms with Crippen LogP contribution in [0.3, 0.4) is 0 Å². The van der Waals surface area contributed by atoms with Crippen LogP contribution in [0.1, 0.15) is 43.0 Å². The fourth-order valence-electron chi connectivity index (χ4n) is 3.24. The van der Waals surface area contributed by atoms with Gasteiger partial charge in [0, 0.05) is 23.7 Å². The number of amides is 1. The van der Waals surface area contributed by atoms with Gasteiger partial charge in [-0.1, -0.05) is 13.0 Å². The molecule has 0 radical (unpaired) electrons. The van der Waals surface area contributed by atoms with Gasteiger partial charge in [0.1, 0.15) is 0 Å². The fourth-order valence-corrected chi connectivity index (χ4v) is 4.55. The van der Waals surface area contributed by atoms with Gasteiger partial charge in [-0.25, -0.2) is 13.1 Å². The van der Waals surface area contributed by atoms with Crippen molar-refractivity contribution in [2.75, 3.05) is 13.1 Å². The van der Waals surface area contributed by atoms with Gasteiger partial charge in [0.05, 0.1) is 11.4 Å². The predicted octanol–water partition coefficient (Wildman–Crippen LogP) is 0.795. The van der Waals surface area contributed by atoms with Crippen molar-refractivity contribution in [1.29, 1.82) is 0 Å². The second kappa shape index (κ2) is 7.95. The first-order chi connectivity index (χ1) is 12.8. The molecule has 148 valence electrons. The van der Waals surface area contributed by atoms with E-state index >= 15 is 0 Å². The molecule has 0 saturated heterocycles. The van der Waals surface area contributed by atoms with Gasteiger partial charge in [-0.3, -0.25) is 14.5 Å². The SMILES string of the molecule is CCN(CC(=O)O)C1CC(NS(=O)(=O)c2cccc(C(=O)NC3CC3)c2)C1. The van der Waals surface area contributed by atoms with Gasteiger partial charge < -0.3 is 10.4 Å². The number of nitrogens with one attached hydrogen (secondary N) is 2. The summed E-state index contributed by atoms with van der Waals surface area (Å²) in [6.45, 7) is 2.45. The molecule has 1 aromatic carbocycles. The molecule has 0 heterocycles. The molecule has 27 heavy (non-hydrogen) atoms. The van der Waals surface area contributed by atoms with Crippen LogP contribution in [0.25, 0.3) is 0 Å². The summed E-state index contributed by atoms with van der Waals surface area (Å²) in [5.74, 6) is -1.15. The number of carboxylic acid groups (broad SMARTS) is 1. The highest BCUT2D eigenvalue weighted by molar-refractivity contribution is 7.89. The van der Waals surface area contributed by atoms with Crippen molar-refractivity contribution in [3.63, 3.8) is 0 Å². The molecular formula is C18H25N3O5S. The van der Waals surface area contributed by atoms with Crippen molar-refractivity contribution in [3.05, 3.63) is 29.8 Å². The molecule has 1 aromatic rings. The van der Waals surface area contributed by atoms with E-state index < -0.39 is 16.0 Å². The number of hydrogen-bond acceptors (Lipinski definition) is 5. The van der Waals surface area contributed by atoms with E-state index in [1.165, 1.54) is 12.1 Å². The first-order valence-electron chi connectivity index (χ1n) is 9.17. The van der Waals surface area contributed by atoms with Crippen LogP contribution < -0.4 is 10.0 Å². The summed E-state index contributed by atoms with van der Waals surface area (Å²) in [5, 5.41) is 11.8. The molecule has 9 heteroatoms. The summed E-state index contributed by atoms with van der Waals surface area (Å²) in [6.07, 6.45) is 3.07. The number of rotatable bonds is 9. The van der Waals surface area contributed by atoms with Crippen LogP contribution in [0.5, 0.6) is 0 Å². The Morgan fingerprint density at radius 3 is 2.52 bits per heavy atom. The van der Waals surface area contributed by atoms with Gasteiger partial charge in [0.15, 0.2) is 0 Å². The average molecular weight is 395 g/mol. The zero-order valence-electron chi connectivity index (χ0n) is 15.2. The van der Waals surface area contributed by atoms with Crippen molar-refractivity contribution >= 4 is 21.9 Å². The Labute approximate surface area is 159 Å². The van der Waals surface area contributed by atoms with Crippen molar-refractivity contribution < 1.29 is 23.1 Å². The third kappa shape index (κ3) is 5.06. The molecule has 0 unspecified atom stereocenters. The van der Waals surface area contributed by atoms with Crippen LogP contribution in [-0.2, 0) is 14.8 Å². The summed E-state index contributed by atoms with van der Waals surface area (Å²) in [4.78, 5) is 24.9. The van der Waals surface area contributed by atoms with Crippen molar-refractivity contribution in [1.82, 2.24) is 14.9 Å². The molecule has 1 amide bonds. The van der Waals surface area contributed by atoms with Crippen molar-refractivity contribution in [2.45, 2.75) is 55.6 Å². The van der Waals surface area contributed by atoms with Crippen LogP contribution in [0.2, 0.25) is 0 Å². The number of likely N-dealkylation sites (N-methyl/N-ethyl adjacent to an activating group) is 1. The molecule has 2 fully saturated rings. The Balaban J connectivity index is 1.59. The Hall–Kier alpha value is -1.97. The van der Waals surface area contributed by atoms with Crippen LogP contribution in [0.4, 0.5) is 0 Å². The smallest absolute Gasteiger partial charge is 0.317 e. The monoisotopic (exact) mass is 395 g/mol. The first kappa shape index (κ1) is 19.8. The van der Waals surface area contributed by atoms with E-state index in [1.807, 2.05) is 11.8 Å². The average Bonchev–Trinajstić information content (AvgIpc) is 3.40. The highest BCUT2D eigenvalue weighted by atomic mass is 32.2. The lowest BCUT2D eigenvalue weighted by molar-refractivity contribution is -0.139. The lowest BCUT2D eigenvalue weighted by Gasteiger charge is -2.42. The van der Waals surface area contributed by atoms with E-state index in [4.69, 9.17) is 5.11 Å². The summed E-state index contributed by atoms with van der Waals surface area (Å²) < 4.78 is 27.9. The van der Waals surface area contributed by atoms with E-state index in [0.29, 0.717) is 24.9 Å². The summed E-state index contributed by atoms with van der Waals surface area (Å²) in [6, 6.07) is 6.05. The molecule has 2 aliphatic rings. The molecule has 8 nitrogen and oxygen atoms in total. The maximum atomic E-state index is 12.6. The molecule has 0 aromatic heterocycles. The Morgan fingerprint density at radius 1 is 1.22 bits per heavy atom. The topological polar surface area (TPSA) is 116 Å². The zero-order chi connectivity index (χ0) is 19.6. The van der Waals surface area contributed by atoms with E-state index in [1.54, 1.807) is 12.1 Å². The van der Waals surface area contributed by atoms with E-state index in [9.17, 15) is 18.0 Å². The number of aliphatic carboxylic acids is 1. The van der Waals surface area contributed by atoms with E-state index in [2.05, 4.69) is 10.0 Å². The van der Waals surface area contributed by atoms with Crippen molar-refractivity contribution in [2.24, 2.45) is 0 Å². The zero-order valence-corrected chi connectivity index (χ0v) is 16.0. The number of carbonyl (C=O) groups is 2.